The van der Waals surface area contributed by atoms with Gasteiger partial charge in [0.2, 0.25) is 0 Å². The fourth-order valence-electron chi connectivity index (χ4n) is 2.11. The van der Waals surface area contributed by atoms with E-state index in [-0.39, 0.29) is 6.10 Å². The molecule has 0 spiro atoms. The van der Waals surface area contributed by atoms with Gasteiger partial charge in [-0.15, -0.1) is 0 Å². The number of ether oxygens (including phenoxy) is 1. The molecule has 0 aliphatic carbocycles. The average molecular weight is 302 g/mol. The second kappa shape index (κ2) is 6.64. The molecule has 2 rings (SSSR count). The Bertz CT molecular complexity index is 660. The van der Waals surface area contributed by atoms with Crippen LogP contribution in [0.15, 0.2) is 28.8 Å². The fraction of sp³-hybridized carbons (Fsp3) is 0.412. The zero-order valence-electron chi connectivity index (χ0n) is 13.6. The summed E-state index contributed by atoms with van der Waals surface area (Å²) in [6.45, 7) is 9.62. The van der Waals surface area contributed by atoms with Crippen LogP contribution >= 0.6 is 0 Å². The van der Waals surface area contributed by atoms with Gasteiger partial charge in [0.25, 0.3) is 0 Å². The SMILES string of the molecule is Cc1onc(-c2cccc(C(C)C)c2)c1NC(=O)OC(C)C. The highest BCUT2D eigenvalue weighted by molar-refractivity contribution is 5.91. The van der Waals surface area contributed by atoms with Gasteiger partial charge in [-0.3, -0.25) is 5.32 Å². The predicted molar refractivity (Wildman–Crippen MR) is 86.0 cm³/mol. The minimum Gasteiger partial charge on any atom is -0.447 e. The molecular weight excluding hydrogens is 280 g/mol. The lowest BCUT2D eigenvalue weighted by atomic mass is 9.99. The lowest BCUT2D eigenvalue weighted by molar-refractivity contribution is 0.130. The maximum absolute atomic E-state index is 11.8. The molecule has 0 radical (unpaired) electrons. The second-order valence-corrected chi connectivity index (χ2v) is 5.82. The predicted octanol–water partition coefficient (Wildman–Crippen LogP) is 4.73. The van der Waals surface area contributed by atoms with Crippen LogP contribution in [0.1, 0.15) is 44.9 Å². The molecule has 2 aromatic rings. The smallest absolute Gasteiger partial charge is 0.412 e. The maximum Gasteiger partial charge on any atom is 0.412 e. The van der Waals surface area contributed by atoms with Crippen molar-refractivity contribution in [1.82, 2.24) is 5.16 Å². The van der Waals surface area contributed by atoms with E-state index >= 15 is 0 Å². The van der Waals surface area contributed by atoms with Gasteiger partial charge in [0.15, 0.2) is 5.76 Å². The van der Waals surface area contributed by atoms with E-state index in [1.807, 2.05) is 12.1 Å². The molecule has 0 saturated heterocycles. The average Bonchev–Trinajstić information content (AvgIpc) is 2.79. The van der Waals surface area contributed by atoms with Gasteiger partial charge < -0.3 is 9.26 Å². The van der Waals surface area contributed by atoms with Crippen molar-refractivity contribution in [2.24, 2.45) is 0 Å². The number of anilines is 1. The molecule has 5 nitrogen and oxygen atoms in total. The quantitative estimate of drug-likeness (QED) is 0.886. The Balaban J connectivity index is 2.33. The molecule has 118 valence electrons. The molecule has 0 aliphatic rings. The summed E-state index contributed by atoms with van der Waals surface area (Å²) in [4.78, 5) is 11.8. The number of carbonyl (C=O) groups excluding carboxylic acids is 1. The Kier molecular flexibility index (Phi) is 4.85. The van der Waals surface area contributed by atoms with Crippen molar-refractivity contribution in [1.29, 1.82) is 0 Å². The van der Waals surface area contributed by atoms with Crippen LogP contribution in [0.4, 0.5) is 10.5 Å². The first-order chi connectivity index (χ1) is 10.4. The van der Waals surface area contributed by atoms with E-state index in [2.05, 4.69) is 36.5 Å². The number of aromatic nitrogens is 1. The molecule has 1 heterocycles. The largest absolute Gasteiger partial charge is 0.447 e. The van der Waals surface area contributed by atoms with Crippen LogP contribution in [0, 0.1) is 6.92 Å². The zero-order chi connectivity index (χ0) is 16.3. The minimum absolute atomic E-state index is 0.187. The van der Waals surface area contributed by atoms with Crippen molar-refractivity contribution in [3.8, 4) is 11.3 Å². The Morgan fingerprint density at radius 2 is 2.00 bits per heavy atom. The molecular formula is C17H22N2O3. The van der Waals surface area contributed by atoms with E-state index in [0.29, 0.717) is 23.1 Å². The Hall–Kier alpha value is -2.30. The first-order valence-electron chi connectivity index (χ1n) is 7.42. The van der Waals surface area contributed by atoms with E-state index in [4.69, 9.17) is 9.26 Å². The standard InChI is InChI=1S/C17H22N2O3/c1-10(2)13-7-6-8-14(9-13)16-15(12(5)22-19-16)18-17(20)21-11(3)4/h6-11H,1-5H3,(H,18,20). The van der Waals surface area contributed by atoms with Gasteiger partial charge in [-0.25, -0.2) is 4.79 Å². The third kappa shape index (κ3) is 3.67. The topological polar surface area (TPSA) is 64.4 Å². The van der Waals surface area contributed by atoms with E-state index in [9.17, 15) is 4.79 Å². The van der Waals surface area contributed by atoms with Crippen LogP contribution in [-0.4, -0.2) is 17.4 Å². The van der Waals surface area contributed by atoms with Crippen LogP contribution in [-0.2, 0) is 4.74 Å². The van der Waals surface area contributed by atoms with Crippen LogP contribution in [0.2, 0.25) is 0 Å². The van der Waals surface area contributed by atoms with E-state index in [1.165, 1.54) is 5.56 Å². The number of hydrogen-bond donors (Lipinski definition) is 1. The summed E-state index contributed by atoms with van der Waals surface area (Å²) in [5.74, 6) is 0.959. The van der Waals surface area contributed by atoms with Crippen LogP contribution in [0.3, 0.4) is 0 Å². The minimum atomic E-state index is -0.512. The lowest BCUT2D eigenvalue weighted by Gasteiger charge is -2.10. The number of hydrogen-bond acceptors (Lipinski definition) is 4. The molecule has 0 atom stereocenters. The van der Waals surface area contributed by atoms with Crippen LogP contribution in [0.25, 0.3) is 11.3 Å². The van der Waals surface area contributed by atoms with E-state index in [1.54, 1.807) is 20.8 Å². The number of amides is 1. The maximum atomic E-state index is 11.8. The molecule has 1 N–H and O–H groups in total. The van der Waals surface area contributed by atoms with Crippen molar-refractivity contribution < 1.29 is 14.1 Å². The van der Waals surface area contributed by atoms with Crippen molar-refractivity contribution in [2.75, 3.05) is 5.32 Å². The summed E-state index contributed by atoms with van der Waals surface area (Å²) in [5.41, 5.74) is 3.27. The Morgan fingerprint density at radius 3 is 2.64 bits per heavy atom. The van der Waals surface area contributed by atoms with Crippen molar-refractivity contribution >= 4 is 11.8 Å². The molecule has 0 saturated carbocycles. The molecule has 1 aromatic heterocycles. The normalized spacial score (nSPS) is 11.0. The van der Waals surface area contributed by atoms with Crippen molar-refractivity contribution in [2.45, 2.75) is 46.6 Å². The molecule has 0 unspecified atom stereocenters. The Morgan fingerprint density at radius 1 is 1.27 bits per heavy atom. The van der Waals surface area contributed by atoms with Crippen LogP contribution < -0.4 is 5.32 Å². The van der Waals surface area contributed by atoms with Gasteiger partial charge >= 0.3 is 6.09 Å². The fourth-order valence-corrected chi connectivity index (χ4v) is 2.11. The monoisotopic (exact) mass is 302 g/mol. The Labute approximate surface area is 130 Å². The number of rotatable bonds is 4. The summed E-state index contributed by atoms with van der Waals surface area (Å²) in [6.07, 6.45) is -0.699. The van der Waals surface area contributed by atoms with Gasteiger partial charge in [0.05, 0.1) is 6.10 Å². The number of nitrogens with one attached hydrogen (secondary N) is 1. The molecule has 1 amide bonds. The second-order valence-electron chi connectivity index (χ2n) is 5.82. The highest BCUT2D eigenvalue weighted by atomic mass is 16.6. The van der Waals surface area contributed by atoms with Gasteiger partial charge in [-0.05, 0) is 38.3 Å². The van der Waals surface area contributed by atoms with Gasteiger partial charge in [-0.2, -0.15) is 0 Å². The van der Waals surface area contributed by atoms with Gasteiger partial charge in [0, 0.05) is 5.56 Å². The molecule has 0 bridgehead atoms. The molecule has 1 aromatic carbocycles. The molecule has 5 heteroatoms. The number of carbonyl (C=O) groups is 1. The zero-order valence-corrected chi connectivity index (χ0v) is 13.6. The summed E-state index contributed by atoms with van der Waals surface area (Å²) < 4.78 is 10.3. The molecule has 22 heavy (non-hydrogen) atoms. The molecule has 0 aliphatic heterocycles. The third-order valence-electron chi connectivity index (χ3n) is 3.26. The highest BCUT2D eigenvalue weighted by Crippen LogP contribution is 2.31. The lowest BCUT2D eigenvalue weighted by Crippen LogP contribution is -2.18. The summed E-state index contributed by atoms with van der Waals surface area (Å²) in [5, 5.41) is 6.79. The van der Waals surface area contributed by atoms with Gasteiger partial charge in [0.1, 0.15) is 11.4 Å². The van der Waals surface area contributed by atoms with E-state index in [0.717, 1.165) is 5.56 Å². The summed E-state index contributed by atoms with van der Waals surface area (Å²) in [6, 6.07) is 8.05. The highest BCUT2D eigenvalue weighted by Gasteiger charge is 2.18. The summed E-state index contributed by atoms with van der Waals surface area (Å²) in [7, 11) is 0. The number of nitrogens with zero attached hydrogens (tertiary/aromatic N) is 1. The van der Waals surface area contributed by atoms with Crippen molar-refractivity contribution in [3.63, 3.8) is 0 Å². The summed E-state index contributed by atoms with van der Waals surface area (Å²) >= 11 is 0. The van der Waals surface area contributed by atoms with Gasteiger partial charge in [-0.1, -0.05) is 37.2 Å². The van der Waals surface area contributed by atoms with Crippen molar-refractivity contribution in [3.05, 3.63) is 35.6 Å². The van der Waals surface area contributed by atoms with Crippen LogP contribution in [0.5, 0.6) is 0 Å². The third-order valence-corrected chi connectivity index (χ3v) is 3.26. The van der Waals surface area contributed by atoms with E-state index < -0.39 is 6.09 Å². The number of benzene rings is 1. The first-order valence-corrected chi connectivity index (χ1v) is 7.42. The first kappa shape index (κ1) is 16.1. The molecule has 0 fully saturated rings. The number of aryl methyl sites for hydroxylation is 1.